The number of halogens is 1. The summed E-state index contributed by atoms with van der Waals surface area (Å²) in [6, 6.07) is 10.2. The van der Waals surface area contributed by atoms with Gasteiger partial charge in [0.25, 0.3) is 10.0 Å². The highest BCUT2D eigenvalue weighted by Crippen LogP contribution is 2.36. The highest BCUT2D eigenvalue weighted by Gasteiger charge is 2.20. The van der Waals surface area contributed by atoms with Crippen LogP contribution in [-0.4, -0.2) is 20.2 Å². The van der Waals surface area contributed by atoms with Gasteiger partial charge in [-0.25, -0.2) is 8.42 Å². The molecule has 2 N–H and O–H groups in total. The van der Waals surface area contributed by atoms with Crippen molar-refractivity contribution in [3.8, 4) is 0 Å². The monoisotopic (exact) mass is 368 g/mol. The summed E-state index contributed by atoms with van der Waals surface area (Å²) in [6.45, 7) is 4.77. The number of rotatable bonds is 3. The Morgan fingerprint density at radius 3 is 2.78 bits per heavy atom. The van der Waals surface area contributed by atoms with E-state index in [9.17, 15) is 8.42 Å². The lowest BCUT2D eigenvalue weighted by atomic mass is 10.2. The lowest BCUT2D eigenvalue weighted by Crippen LogP contribution is -2.19. The van der Waals surface area contributed by atoms with Crippen molar-refractivity contribution in [1.82, 2.24) is 0 Å². The zero-order valence-corrected chi connectivity index (χ0v) is 15.1. The smallest absolute Gasteiger partial charge is 0.261 e. The van der Waals surface area contributed by atoms with Crippen molar-refractivity contribution in [2.75, 3.05) is 16.6 Å². The third-order valence-corrected chi connectivity index (χ3v) is 6.38. The van der Waals surface area contributed by atoms with E-state index >= 15 is 0 Å². The van der Waals surface area contributed by atoms with Gasteiger partial charge in [-0.15, -0.1) is 11.8 Å². The molecule has 0 fully saturated rings. The first-order valence-corrected chi connectivity index (χ1v) is 9.93. The molecule has 122 valence electrons. The van der Waals surface area contributed by atoms with Crippen molar-refractivity contribution in [3.63, 3.8) is 0 Å². The fourth-order valence-electron chi connectivity index (χ4n) is 2.37. The topological polar surface area (TPSA) is 58.2 Å². The van der Waals surface area contributed by atoms with Gasteiger partial charge in [-0.05, 0) is 48.9 Å². The molecule has 0 radical (unpaired) electrons. The summed E-state index contributed by atoms with van der Waals surface area (Å²) in [6.07, 6.45) is 0. The van der Waals surface area contributed by atoms with Crippen LogP contribution in [0.4, 0.5) is 11.4 Å². The average molecular weight is 369 g/mol. The number of hydrogen-bond acceptors (Lipinski definition) is 4. The first-order valence-electron chi connectivity index (χ1n) is 7.19. The molecule has 1 heterocycles. The lowest BCUT2D eigenvalue weighted by molar-refractivity contribution is 0.601. The van der Waals surface area contributed by atoms with Crippen LogP contribution in [0.3, 0.4) is 0 Å². The van der Waals surface area contributed by atoms with Crippen LogP contribution < -0.4 is 10.0 Å². The molecule has 0 bridgehead atoms. The SMILES string of the molecule is Cc1cc(Cl)ccc1NS(=O)(=O)c1ccc2c(c1)NCC(C)S2. The summed E-state index contributed by atoms with van der Waals surface area (Å²) in [4.78, 5) is 1.32. The Morgan fingerprint density at radius 2 is 2.04 bits per heavy atom. The van der Waals surface area contributed by atoms with Gasteiger partial charge in [0.05, 0.1) is 10.6 Å². The van der Waals surface area contributed by atoms with E-state index < -0.39 is 10.0 Å². The van der Waals surface area contributed by atoms with Gasteiger partial charge in [-0.3, -0.25) is 4.72 Å². The van der Waals surface area contributed by atoms with Crippen LogP contribution in [0.5, 0.6) is 0 Å². The van der Waals surface area contributed by atoms with Crippen molar-refractivity contribution >= 4 is 44.8 Å². The first kappa shape index (κ1) is 16.5. The Kier molecular flexibility index (Phi) is 4.49. The van der Waals surface area contributed by atoms with Gasteiger partial charge in [-0.1, -0.05) is 18.5 Å². The molecule has 0 spiro atoms. The molecule has 1 unspecified atom stereocenters. The van der Waals surface area contributed by atoms with Crippen LogP contribution in [-0.2, 0) is 10.0 Å². The maximum atomic E-state index is 12.6. The Hall–Kier alpha value is -1.37. The molecule has 0 saturated carbocycles. The Bertz CT molecular complexity index is 853. The Labute approximate surface area is 145 Å². The quantitative estimate of drug-likeness (QED) is 0.845. The Balaban J connectivity index is 1.91. The van der Waals surface area contributed by atoms with E-state index in [-0.39, 0.29) is 4.90 Å². The minimum atomic E-state index is -3.64. The van der Waals surface area contributed by atoms with E-state index in [1.165, 1.54) is 0 Å². The largest absolute Gasteiger partial charge is 0.383 e. The zero-order chi connectivity index (χ0) is 16.6. The number of thioether (sulfide) groups is 1. The fraction of sp³-hybridized carbons (Fsp3) is 0.250. The van der Waals surface area contributed by atoms with E-state index in [1.807, 2.05) is 13.0 Å². The van der Waals surface area contributed by atoms with Crippen LogP contribution in [0.1, 0.15) is 12.5 Å². The molecule has 4 nitrogen and oxygen atoms in total. The molecule has 0 aliphatic carbocycles. The van der Waals surface area contributed by atoms with Crippen LogP contribution >= 0.6 is 23.4 Å². The molecule has 0 saturated heterocycles. The van der Waals surface area contributed by atoms with Gasteiger partial charge in [0.1, 0.15) is 0 Å². The van der Waals surface area contributed by atoms with Crippen molar-refractivity contribution < 1.29 is 8.42 Å². The molecule has 2 aromatic carbocycles. The molecular weight excluding hydrogens is 352 g/mol. The lowest BCUT2D eigenvalue weighted by Gasteiger charge is -2.23. The van der Waals surface area contributed by atoms with Gasteiger partial charge in [0.2, 0.25) is 0 Å². The number of aryl methyl sites for hydroxylation is 1. The van der Waals surface area contributed by atoms with Crippen LogP contribution in [0.25, 0.3) is 0 Å². The molecule has 1 aliphatic rings. The third-order valence-electron chi connectivity index (χ3n) is 3.60. The maximum Gasteiger partial charge on any atom is 0.261 e. The second-order valence-corrected chi connectivity index (χ2v) is 9.13. The third kappa shape index (κ3) is 3.59. The normalized spacial score (nSPS) is 17.3. The van der Waals surface area contributed by atoms with Gasteiger partial charge < -0.3 is 5.32 Å². The molecule has 2 aromatic rings. The second kappa shape index (κ2) is 6.26. The minimum absolute atomic E-state index is 0.244. The number of nitrogens with one attached hydrogen (secondary N) is 2. The van der Waals surface area contributed by atoms with E-state index in [4.69, 9.17) is 11.6 Å². The minimum Gasteiger partial charge on any atom is -0.383 e. The predicted octanol–water partition coefficient (Wildman–Crippen LogP) is 4.36. The van der Waals surface area contributed by atoms with Crippen LogP contribution in [0, 0.1) is 6.92 Å². The van der Waals surface area contributed by atoms with Gasteiger partial charge in [0, 0.05) is 27.4 Å². The summed E-state index contributed by atoms with van der Waals surface area (Å²) in [7, 11) is -3.64. The predicted molar refractivity (Wildman–Crippen MR) is 97.2 cm³/mol. The number of anilines is 2. The highest BCUT2D eigenvalue weighted by molar-refractivity contribution is 8.00. The molecule has 0 amide bonds. The summed E-state index contributed by atoms with van der Waals surface area (Å²) in [5.74, 6) is 0. The second-order valence-electron chi connectivity index (χ2n) is 5.53. The molecular formula is C16H17ClN2O2S2. The van der Waals surface area contributed by atoms with Crippen molar-refractivity contribution in [2.45, 2.75) is 28.9 Å². The summed E-state index contributed by atoms with van der Waals surface area (Å²) < 4.78 is 27.8. The van der Waals surface area contributed by atoms with Gasteiger partial charge in [0.15, 0.2) is 0 Å². The molecule has 1 aliphatic heterocycles. The molecule has 0 aromatic heterocycles. The van der Waals surface area contributed by atoms with Crippen molar-refractivity contribution in [3.05, 3.63) is 47.0 Å². The van der Waals surface area contributed by atoms with Gasteiger partial charge >= 0.3 is 0 Å². The number of benzene rings is 2. The molecule has 3 rings (SSSR count). The first-order chi connectivity index (χ1) is 10.8. The number of sulfonamides is 1. The van der Waals surface area contributed by atoms with Crippen molar-refractivity contribution in [2.24, 2.45) is 0 Å². The zero-order valence-electron chi connectivity index (χ0n) is 12.8. The highest BCUT2D eigenvalue weighted by atomic mass is 35.5. The Morgan fingerprint density at radius 1 is 1.26 bits per heavy atom. The van der Waals surface area contributed by atoms with E-state index in [2.05, 4.69) is 17.0 Å². The summed E-state index contributed by atoms with van der Waals surface area (Å²) in [5.41, 5.74) is 2.17. The average Bonchev–Trinajstić information content (AvgIpc) is 2.49. The van der Waals surface area contributed by atoms with Gasteiger partial charge in [-0.2, -0.15) is 0 Å². The van der Waals surface area contributed by atoms with Crippen LogP contribution in [0.2, 0.25) is 5.02 Å². The number of hydrogen-bond donors (Lipinski definition) is 2. The van der Waals surface area contributed by atoms with E-state index in [0.717, 1.165) is 22.7 Å². The summed E-state index contributed by atoms with van der Waals surface area (Å²) in [5, 5.41) is 4.33. The van der Waals surface area contributed by atoms with E-state index in [1.54, 1.807) is 42.1 Å². The maximum absolute atomic E-state index is 12.6. The van der Waals surface area contributed by atoms with Crippen LogP contribution in [0.15, 0.2) is 46.2 Å². The molecule has 23 heavy (non-hydrogen) atoms. The number of fused-ring (bicyclic) bond motifs is 1. The summed E-state index contributed by atoms with van der Waals surface area (Å²) >= 11 is 7.66. The standard InChI is InChI=1S/C16H17ClN2O2S2/c1-10-7-12(17)3-5-14(10)19-23(20,21)13-4-6-16-15(8-13)18-9-11(2)22-16/h3-8,11,18-19H,9H2,1-2H3. The molecule has 1 atom stereocenters. The van der Waals surface area contributed by atoms with Crippen molar-refractivity contribution in [1.29, 1.82) is 0 Å². The fourth-order valence-corrected chi connectivity index (χ4v) is 4.76. The molecule has 7 heteroatoms. The van der Waals surface area contributed by atoms with E-state index in [0.29, 0.717) is 16.0 Å².